The molecule has 23 heavy (non-hydrogen) atoms. The summed E-state index contributed by atoms with van der Waals surface area (Å²) in [5.74, 6) is -1.12. The number of anilines is 1. The Hall–Kier alpha value is -2.72. The van der Waals surface area contributed by atoms with Crippen molar-refractivity contribution in [2.75, 3.05) is 11.4 Å². The average Bonchev–Trinajstić information content (AvgIpc) is 3.15. The van der Waals surface area contributed by atoms with Crippen LogP contribution in [0.4, 0.5) is 19.1 Å². The van der Waals surface area contributed by atoms with E-state index in [1.807, 2.05) is 0 Å². The average molecular weight is 328 g/mol. The van der Waals surface area contributed by atoms with E-state index in [1.165, 1.54) is 4.90 Å². The summed E-state index contributed by atoms with van der Waals surface area (Å²) in [5, 5.41) is 3.44. The highest BCUT2D eigenvalue weighted by Gasteiger charge is 2.36. The minimum Gasteiger partial charge on any atom is -0.363 e. The van der Waals surface area contributed by atoms with E-state index in [1.54, 1.807) is 0 Å². The van der Waals surface area contributed by atoms with Crippen molar-refractivity contribution < 1.29 is 22.5 Å². The van der Waals surface area contributed by atoms with Gasteiger partial charge in [0.1, 0.15) is 11.7 Å². The normalized spacial score (nSPS) is 18.4. The molecule has 0 aliphatic carbocycles. The Bertz CT molecular complexity index is 732. The van der Waals surface area contributed by atoms with Gasteiger partial charge in [-0.25, -0.2) is 9.97 Å². The molecule has 122 valence electrons. The van der Waals surface area contributed by atoms with E-state index >= 15 is 0 Å². The summed E-state index contributed by atoms with van der Waals surface area (Å²) in [6, 6.07) is 0.297. The predicted molar refractivity (Wildman–Crippen MR) is 69.2 cm³/mol. The molecule has 0 aromatic carbocycles. The number of carbonyl (C=O) groups excluding carboxylic acids is 1. The second-order valence-corrected chi connectivity index (χ2v) is 4.91. The van der Waals surface area contributed by atoms with Crippen LogP contribution in [0.5, 0.6) is 0 Å². The second kappa shape index (κ2) is 5.48. The number of rotatable bonds is 3. The van der Waals surface area contributed by atoms with E-state index in [0.29, 0.717) is 19.4 Å². The first-order valence-electron chi connectivity index (χ1n) is 6.66. The Morgan fingerprint density at radius 2 is 2.17 bits per heavy atom. The standard InChI is InChI=1S/C12H11F3N6O2/c13-12(14,15)7-3-4-17-11(18-7)21-5-1-2-6(21)10-19-9(8(16)22)20-23-10/h3-4,6H,1-2,5H2,(H2,16,22). The lowest BCUT2D eigenvalue weighted by atomic mass is 10.2. The molecule has 3 rings (SSSR count). The zero-order chi connectivity index (χ0) is 16.6. The van der Waals surface area contributed by atoms with Crippen molar-refractivity contribution in [1.29, 1.82) is 0 Å². The summed E-state index contributed by atoms with van der Waals surface area (Å²) < 4.78 is 43.3. The van der Waals surface area contributed by atoms with Gasteiger partial charge in [0.05, 0.1) is 0 Å². The molecule has 3 heterocycles. The van der Waals surface area contributed by atoms with Gasteiger partial charge >= 0.3 is 6.18 Å². The predicted octanol–water partition coefficient (Wildman–Crippen LogP) is 1.32. The number of primary amides is 1. The minimum absolute atomic E-state index is 0.0823. The molecule has 2 aromatic heterocycles. The maximum Gasteiger partial charge on any atom is 0.433 e. The lowest BCUT2D eigenvalue weighted by molar-refractivity contribution is -0.141. The van der Waals surface area contributed by atoms with Crippen molar-refractivity contribution >= 4 is 11.9 Å². The highest BCUT2D eigenvalue weighted by Crippen LogP contribution is 2.35. The Morgan fingerprint density at radius 3 is 2.83 bits per heavy atom. The van der Waals surface area contributed by atoms with Crippen molar-refractivity contribution in [1.82, 2.24) is 20.1 Å². The fourth-order valence-corrected chi connectivity index (χ4v) is 2.38. The number of nitrogens with two attached hydrogens (primary N) is 1. The minimum atomic E-state index is -4.56. The summed E-state index contributed by atoms with van der Waals surface area (Å²) in [6.07, 6.45) is -2.28. The molecule has 1 aliphatic heterocycles. The zero-order valence-electron chi connectivity index (χ0n) is 11.6. The van der Waals surface area contributed by atoms with Gasteiger partial charge in [-0.15, -0.1) is 0 Å². The van der Waals surface area contributed by atoms with Crippen molar-refractivity contribution in [3.63, 3.8) is 0 Å². The molecule has 1 fully saturated rings. The third-order valence-corrected chi connectivity index (χ3v) is 3.39. The quantitative estimate of drug-likeness (QED) is 0.904. The number of nitrogens with zero attached hydrogens (tertiary/aromatic N) is 5. The van der Waals surface area contributed by atoms with Crippen LogP contribution >= 0.6 is 0 Å². The molecule has 1 amide bonds. The van der Waals surface area contributed by atoms with Crippen LogP contribution in [0, 0.1) is 0 Å². The first-order chi connectivity index (χ1) is 10.9. The number of aromatic nitrogens is 4. The van der Waals surface area contributed by atoms with Crippen molar-refractivity contribution in [2.45, 2.75) is 25.1 Å². The van der Waals surface area contributed by atoms with Crippen molar-refractivity contribution in [3.05, 3.63) is 29.7 Å². The van der Waals surface area contributed by atoms with Gasteiger partial charge in [0.2, 0.25) is 11.8 Å². The Kier molecular flexibility index (Phi) is 3.62. The van der Waals surface area contributed by atoms with E-state index in [9.17, 15) is 18.0 Å². The number of carbonyl (C=O) groups is 1. The number of hydrogen-bond acceptors (Lipinski definition) is 7. The molecule has 1 saturated heterocycles. The summed E-state index contributed by atoms with van der Waals surface area (Å²) >= 11 is 0. The van der Waals surface area contributed by atoms with Gasteiger partial charge in [0.15, 0.2) is 0 Å². The fourth-order valence-electron chi connectivity index (χ4n) is 2.38. The molecule has 1 atom stereocenters. The molecule has 0 saturated carbocycles. The van der Waals surface area contributed by atoms with Crippen LogP contribution in [0.3, 0.4) is 0 Å². The number of halogens is 3. The van der Waals surface area contributed by atoms with Gasteiger partial charge in [-0.05, 0) is 18.9 Å². The van der Waals surface area contributed by atoms with Crippen molar-refractivity contribution in [3.8, 4) is 0 Å². The smallest absolute Gasteiger partial charge is 0.363 e. The fraction of sp³-hybridized carbons (Fsp3) is 0.417. The molecule has 0 radical (unpaired) electrons. The zero-order valence-corrected chi connectivity index (χ0v) is 11.6. The topological polar surface area (TPSA) is 111 Å². The van der Waals surface area contributed by atoms with Gasteiger partial charge in [-0.3, -0.25) is 4.79 Å². The van der Waals surface area contributed by atoms with Gasteiger partial charge in [0.25, 0.3) is 11.7 Å². The van der Waals surface area contributed by atoms with E-state index in [0.717, 1.165) is 12.3 Å². The van der Waals surface area contributed by atoms with Crippen LogP contribution in [0.1, 0.15) is 41.1 Å². The molecule has 1 aliphatic rings. The lowest BCUT2D eigenvalue weighted by Crippen LogP contribution is -2.26. The van der Waals surface area contributed by atoms with Gasteiger partial charge < -0.3 is 15.2 Å². The molecular formula is C12H11F3N6O2. The molecule has 0 bridgehead atoms. The highest BCUT2D eigenvalue weighted by atomic mass is 19.4. The number of hydrogen-bond donors (Lipinski definition) is 1. The molecule has 11 heteroatoms. The van der Waals surface area contributed by atoms with E-state index in [2.05, 4.69) is 20.1 Å². The monoisotopic (exact) mass is 328 g/mol. The number of amides is 1. The molecule has 8 nitrogen and oxygen atoms in total. The SMILES string of the molecule is NC(=O)c1noc(C2CCCN2c2nccc(C(F)(F)F)n2)n1. The van der Waals surface area contributed by atoms with Crippen LogP contribution in [0.15, 0.2) is 16.8 Å². The third kappa shape index (κ3) is 2.94. The maximum atomic E-state index is 12.8. The lowest BCUT2D eigenvalue weighted by Gasteiger charge is -2.22. The summed E-state index contributed by atoms with van der Waals surface area (Å²) in [4.78, 5) is 23.8. The molecule has 2 N–H and O–H groups in total. The first kappa shape index (κ1) is 15.2. The van der Waals surface area contributed by atoms with Crippen LogP contribution in [0.2, 0.25) is 0 Å². The van der Waals surface area contributed by atoms with Crippen LogP contribution in [-0.4, -0.2) is 32.6 Å². The van der Waals surface area contributed by atoms with Gasteiger partial charge in [-0.1, -0.05) is 5.16 Å². The first-order valence-corrected chi connectivity index (χ1v) is 6.66. The van der Waals surface area contributed by atoms with E-state index in [4.69, 9.17) is 10.3 Å². The molecular weight excluding hydrogens is 317 g/mol. The van der Waals surface area contributed by atoms with Gasteiger partial charge in [-0.2, -0.15) is 18.2 Å². The Labute approximate surface area is 127 Å². The van der Waals surface area contributed by atoms with E-state index < -0.39 is 23.8 Å². The van der Waals surface area contributed by atoms with Gasteiger partial charge in [0, 0.05) is 12.7 Å². The maximum absolute atomic E-state index is 12.8. The Balaban J connectivity index is 1.91. The van der Waals surface area contributed by atoms with Crippen molar-refractivity contribution in [2.24, 2.45) is 5.73 Å². The number of alkyl halides is 3. The summed E-state index contributed by atoms with van der Waals surface area (Å²) in [7, 11) is 0. The van der Waals surface area contributed by atoms with E-state index in [-0.39, 0.29) is 17.7 Å². The van der Waals surface area contributed by atoms with Crippen LogP contribution < -0.4 is 10.6 Å². The molecule has 1 unspecified atom stereocenters. The third-order valence-electron chi connectivity index (χ3n) is 3.39. The summed E-state index contributed by atoms with van der Waals surface area (Å²) in [5.41, 5.74) is 4.02. The highest BCUT2D eigenvalue weighted by molar-refractivity contribution is 5.88. The summed E-state index contributed by atoms with van der Waals surface area (Å²) in [6.45, 7) is 0.431. The largest absolute Gasteiger partial charge is 0.433 e. The molecule has 2 aromatic rings. The van der Waals surface area contributed by atoms with Crippen LogP contribution in [-0.2, 0) is 6.18 Å². The Morgan fingerprint density at radius 1 is 1.39 bits per heavy atom. The second-order valence-electron chi connectivity index (χ2n) is 4.91. The van der Waals surface area contributed by atoms with Crippen LogP contribution in [0.25, 0.3) is 0 Å². The molecule has 0 spiro atoms.